The van der Waals surface area contributed by atoms with Gasteiger partial charge >= 0.3 is 11.9 Å². The van der Waals surface area contributed by atoms with Gasteiger partial charge in [0.1, 0.15) is 6.04 Å². The molecule has 2 unspecified atom stereocenters. The molecule has 0 heterocycles. The van der Waals surface area contributed by atoms with Gasteiger partial charge in [-0.15, -0.1) is 0 Å². The van der Waals surface area contributed by atoms with Gasteiger partial charge in [-0.05, 0) is 6.42 Å². The molecule has 0 fully saturated rings. The van der Waals surface area contributed by atoms with E-state index in [1.807, 2.05) is 0 Å². The first kappa shape index (κ1) is 13.8. The molecule has 7 heteroatoms. The molecule has 0 aliphatic heterocycles. The van der Waals surface area contributed by atoms with Gasteiger partial charge < -0.3 is 20.7 Å². The second-order valence-electron chi connectivity index (χ2n) is 2.92. The number of ether oxygens (including phenoxy) is 1. The second kappa shape index (κ2) is 7.13. The molecule has 6 nitrogen and oxygen atoms in total. The van der Waals surface area contributed by atoms with E-state index < -0.39 is 30.8 Å². The number of hydrogen-bond acceptors (Lipinski definition) is 4. The fourth-order valence-corrected chi connectivity index (χ4v) is 0.852. The maximum absolute atomic E-state index is 11.7. The smallest absolute Gasteiger partial charge is 0.332 e. The van der Waals surface area contributed by atoms with Crippen LogP contribution in [0.3, 0.4) is 0 Å². The third kappa shape index (κ3) is 5.97. The van der Waals surface area contributed by atoms with Crippen molar-refractivity contribution in [3.8, 4) is 0 Å². The van der Waals surface area contributed by atoms with E-state index in [1.54, 1.807) is 0 Å². The molecule has 0 spiro atoms. The molecular formula is C8H14FNO5. The highest BCUT2D eigenvalue weighted by Crippen LogP contribution is 2.03. The van der Waals surface area contributed by atoms with Gasteiger partial charge in [-0.25, -0.2) is 4.79 Å². The van der Waals surface area contributed by atoms with Gasteiger partial charge in [-0.3, -0.25) is 9.18 Å². The predicted molar refractivity (Wildman–Crippen MR) is 48.2 cm³/mol. The maximum Gasteiger partial charge on any atom is 0.332 e. The van der Waals surface area contributed by atoms with Crippen LogP contribution in [0.1, 0.15) is 12.8 Å². The molecule has 0 amide bonds. The largest absolute Gasteiger partial charge is 0.480 e. The number of hydrogen-bond donors (Lipinski definition) is 3. The minimum Gasteiger partial charge on any atom is -0.480 e. The highest BCUT2D eigenvalue weighted by Gasteiger charge is 2.24. The van der Waals surface area contributed by atoms with Gasteiger partial charge in [0.05, 0.1) is 13.3 Å². The van der Waals surface area contributed by atoms with Gasteiger partial charge in [0.15, 0.2) is 6.10 Å². The molecular weight excluding hydrogens is 209 g/mol. The Kier molecular flexibility index (Phi) is 6.56. The third-order valence-corrected chi connectivity index (χ3v) is 1.66. The van der Waals surface area contributed by atoms with Crippen molar-refractivity contribution in [3.05, 3.63) is 0 Å². The molecule has 15 heavy (non-hydrogen) atoms. The first-order valence-electron chi connectivity index (χ1n) is 4.37. The number of carbonyl (C=O) groups is 2. The summed E-state index contributed by atoms with van der Waals surface area (Å²) in [5.41, 5.74) is 5.14. The van der Waals surface area contributed by atoms with E-state index in [-0.39, 0.29) is 19.4 Å². The first-order valence-corrected chi connectivity index (χ1v) is 4.37. The number of halogens is 1. The van der Waals surface area contributed by atoms with Crippen molar-refractivity contribution in [3.63, 3.8) is 0 Å². The highest BCUT2D eigenvalue weighted by molar-refractivity contribution is 5.76. The average molecular weight is 223 g/mol. The Bertz CT molecular complexity index is 223. The summed E-state index contributed by atoms with van der Waals surface area (Å²) in [6.45, 7) is -0.683. The van der Waals surface area contributed by atoms with Crippen LogP contribution in [0.2, 0.25) is 0 Å². The van der Waals surface area contributed by atoms with Crippen molar-refractivity contribution in [2.45, 2.75) is 25.0 Å². The summed E-state index contributed by atoms with van der Waals surface area (Å²) in [4.78, 5) is 20.9. The molecule has 0 rings (SSSR count). The van der Waals surface area contributed by atoms with Crippen molar-refractivity contribution >= 4 is 11.9 Å². The molecule has 0 aliphatic rings. The minimum atomic E-state index is -1.30. The summed E-state index contributed by atoms with van der Waals surface area (Å²) in [6, 6.07) is -1.29. The fraction of sp³-hybridized carbons (Fsp3) is 0.750. The summed E-state index contributed by atoms with van der Waals surface area (Å²) in [5, 5.41) is 17.1. The minimum absolute atomic E-state index is 0.0696. The molecule has 0 saturated heterocycles. The molecule has 0 radical (unpaired) electrons. The van der Waals surface area contributed by atoms with Crippen LogP contribution in [0.4, 0.5) is 4.39 Å². The zero-order valence-corrected chi connectivity index (χ0v) is 8.06. The standard InChI is InChI=1S/C8H14FNO5/c9-2-1-3-15-6(8(13)14)4-5(10)7(11)12/h5-6H,1-4,10H2,(H,11,12)(H,13,14)/i9+0. The summed E-state index contributed by atoms with van der Waals surface area (Å²) in [5.74, 6) is -2.60. The van der Waals surface area contributed by atoms with E-state index in [0.717, 1.165) is 0 Å². The van der Waals surface area contributed by atoms with E-state index in [2.05, 4.69) is 0 Å². The number of carboxylic acid groups (broad SMARTS) is 2. The maximum atomic E-state index is 11.7. The van der Waals surface area contributed by atoms with E-state index in [4.69, 9.17) is 20.7 Å². The normalized spacial score (nSPS) is 14.5. The van der Waals surface area contributed by atoms with Crippen molar-refractivity contribution in [1.29, 1.82) is 0 Å². The predicted octanol–water partition coefficient (Wildman–Crippen LogP) is -0.382. The van der Waals surface area contributed by atoms with Crippen molar-refractivity contribution < 1.29 is 28.9 Å². The number of carboxylic acids is 2. The zero-order chi connectivity index (χ0) is 11.8. The van der Waals surface area contributed by atoms with Gasteiger partial charge in [-0.1, -0.05) is 0 Å². The van der Waals surface area contributed by atoms with Crippen molar-refractivity contribution in [2.75, 3.05) is 13.3 Å². The van der Waals surface area contributed by atoms with Crippen molar-refractivity contribution in [2.24, 2.45) is 5.73 Å². The lowest BCUT2D eigenvalue weighted by Gasteiger charge is -2.15. The number of aliphatic carboxylic acids is 2. The Labute approximate surface area is 85.8 Å². The summed E-state index contributed by atoms with van der Waals surface area (Å²) < 4.78 is 16.5. The van der Waals surface area contributed by atoms with Crippen LogP contribution in [0.25, 0.3) is 0 Å². The molecule has 0 saturated carbocycles. The third-order valence-electron chi connectivity index (χ3n) is 1.66. The molecule has 0 aromatic carbocycles. The number of rotatable bonds is 8. The van der Waals surface area contributed by atoms with Crippen LogP contribution in [-0.2, 0) is 14.3 Å². The van der Waals surface area contributed by atoms with Gasteiger partial charge in [0.25, 0.3) is 0 Å². The molecule has 0 aromatic rings. The summed E-state index contributed by atoms with van der Waals surface area (Å²) in [6.07, 6.45) is -1.56. The van der Waals surface area contributed by atoms with Gasteiger partial charge in [-0.2, -0.15) is 0 Å². The lowest BCUT2D eigenvalue weighted by Crippen LogP contribution is -2.38. The monoisotopic (exact) mass is 223 g/mol. The summed E-state index contributed by atoms with van der Waals surface area (Å²) in [7, 11) is 0. The van der Waals surface area contributed by atoms with E-state index >= 15 is 0 Å². The molecule has 0 aromatic heterocycles. The van der Waals surface area contributed by atoms with Gasteiger partial charge in [0.2, 0.25) is 0 Å². The molecule has 0 bridgehead atoms. The topological polar surface area (TPSA) is 110 Å². The Hall–Kier alpha value is -1.21. The Morgan fingerprint density at radius 2 is 1.93 bits per heavy atom. The highest BCUT2D eigenvalue weighted by atomic mass is 19.1. The van der Waals surface area contributed by atoms with E-state index in [0.29, 0.717) is 0 Å². The van der Waals surface area contributed by atoms with Crippen LogP contribution in [0.5, 0.6) is 0 Å². The molecule has 2 atom stereocenters. The molecule has 88 valence electrons. The molecule has 4 N–H and O–H groups in total. The number of nitrogens with two attached hydrogens (primary N) is 1. The quantitative estimate of drug-likeness (QED) is 0.484. The summed E-state index contributed by atoms with van der Waals surface area (Å²) >= 11 is 0. The van der Waals surface area contributed by atoms with Crippen LogP contribution in [-0.4, -0.2) is 47.6 Å². The Balaban J connectivity index is 4.04. The lowest BCUT2D eigenvalue weighted by atomic mass is 10.1. The van der Waals surface area contributed by atoms with E-state index in [9.17, 15) is 14.0 Å². The second-order valence-corrected chi connectivity index (χ2v) is 2.92. The van der Waals surface area contributed by atoms with Crippen molar-refractivity contribution in [1.82, 2.24) is 0 Å². The van der Waals surface area contributed by atoms with Crippen LogP contribution in [0, 0.1) is 0 Å². The lowest BCUT2D eigenvalue weighted by molar-refractivity contribution is -0.152. The fourth-order valence-electron chi connectivity index (χ4n) is 0.852. The molecule has 0 aliphatic carbocycles. The first-order chi connectivity index (χ1) is 6.99. The SMILES string of the molecule is NC(CC(OCCC[19F])C(=O)O)C(=O)O. The zero-order valence-electron chi connectivity index (χ0n) is 8.06. The van der Waals surface area contributed by atoms with Gasteiger partial charge in [0, 0.05) is 6.42 Å². The van der Waals surface area contributed by atoms with Crippen LogP contribution >= 0.6 is 0 Å². The van der Waals surface area contributed by atoms with Crippen LogP contribution in [0.15, 0.2) is 0 Å². The Morgan fingerprint density at radius 1 is 1.33 bits per heavy atom. The van der Waals surface area contributed by atoms with E-state index in [1.165, 1.54) is 0 Å². The Morgan fingerprint density at radius 3 is 2.33 bits per heavy atom. The number of alkyl halides is 1. The average Bonchev–Trinajstić information content (AvgIpc) is 2.15. The van der Waals surface area contributed by atoms with Crippen LogP contribution < -0.4 is 5.73 Å².